The minimum atomic E-state index is -0.383. The van der Waals surface area contributed by atoms with Gasteiger partial charge in [-0.25, -0.2) is 0 Å². The Bertz CT molecular complexity index is 393. The van der Waals surface area contributed by atoms with Crippen LogP contribution in [0.3, 0.4) is 0 Å². The van der Waals surface area contributed by atoms with E-state index in [-0.39, 0.29) is 16.5 Å². The van der Waals surface area contributed by atoms with E-state index in [1.165, 1.54) is 6.07 Å². The molecule has 0 saturated heterocycles. The average molecular weight is 203 g/mol. The summed E-state index contributed by atoms with van der Waals surface area (Å²) >= 11 is 0. The number of nitro benzene ring substituents is 1. The number of terminal acetylenes is 1. The topological polar surface area (TPSA) is 43.1 Å². The van der Waals surface area contributed by atoms with Crippen LogP contribution in [0.1, 0.15) is 31.2 Å². The number of hydrogen-bond donors (Lipinski definition) is 0. The zero-order valence-corrected chi connectivity index (χ0v) is 8.64. The van der Waals surface area contributed by atoms with E-state index < -0.39 is 0 Å². The Balaban J connectivity index is 2.98. The molecule has 0 spiro atoms. The van der Waals surface area contributed by atoms with Crippen molar-refractivity contribution in [3.05, 3.63) is 39.9 Å². The second-order valence-electron chi connectivity index (χ2n) is 3.37. The van der Waals surface area contributed by atoms with Gasteiger partial charge in [0, 0.05) is 18.6 Å². The van der Waals surface area contributed by atoms with Crippen LogP contribution >= 0.6 is 0 Å². The molecular weight excluding hydrogens is 190 g/mol. The fourth-order valence-electron chi connectivity index (χ4n) is 1.53. The van der Waals surface area contributed by atoms with Gasteiger partial charge in [0.25, 0.3) is 5.69 Å². The van der Waals surface area contributed by atoms with Crippen molar-refractivity contribution in [2.24, 2.45) is 0 Å². The van der Waals surface area contributed by atoms with Crippen LogP contribution in [0.4, 0.5) is 5.69 Å². The quantitative estimate of drug-likeness (QED) is 0.428. The molecule has 1 atom stereocenters. The first-order chi connectivity index (χ1) is 7.19. The second kappa shape index (κ2) is 5.16. The van der Waals surface area contributed by atoms with Crippen molar-refractivity contribution in [1.29, 1.82) is 0 Å². The van der Waals surface area contributed by atoms with Gasteiger partial charge in [0.2, 0.25) is 0 Å². The fraction of sp³-hybridized carbons (Fsp3) is 0.333. The highest BCUT2D eigenvalue weighted by atomic mass is 16.6. The van der Waals surface area contributed by atoms with E-state index in [0.717, 1.165) is 12.0 Å². The van der Waals surface area contributed by atoms with Crippen molar-refractivity contribution in [2.75, 3.05) is 0 Å². The van der Waals surface area contributed by atoms with Gasteiger partial charge in [-0.2, -0.15) is 0 Å². The first kappa shape index (κ1) is 11.3. The average Bonchev–Trinajstić information content (AvgIpc) is 2.26. The molecule has 0 amide bonds. The summed E-state index contributed by atoms with van der Waals surface area (Å²) in [6.07, 6.45) is 6.77. The number of non-ortho nitro benzene ring substituents is 1. The Morgan fingerprint density at radius 3 is 2.87 bits per heavy atom. The van der Waals surface area contributed by atoms with Gasteiger partial charge in [-0.3, -0.25) is 10.1 Å². The number of hydrogen-bond acceptors (Lipinski definition) is 2. The molecule has 0 radical (unpaired) electrons. The highest BCUT2D eigenvalue weighted by Gasteiger charge is 2.12. The van der Waals surface area contributed by atoms with Gasteiger partial charge in [0.05, 0.1) is 4.92 Å². The Morgan fingerprint density at radius 1 is 1.60 bits per heavy atom. The van der Waals surface area contributed by atoms with Gasteiger partial charge in [-0.15, -0.1) is 12.3 Å². The SMILES string of the molecule is C#CCC(CC)c1cccc([N+](=O)[O-])c1. The maximum Gasteiger partial charge on any atom is 0.269 e. The van der Waals surface area contributed by atoms with Gasteiger partial charge in [-0.05, 0) is 17.9 Å². The van der Waals surface area contributed by atoms with Crippen LogP contribution in [-0.2, 0) is 0 Å². The summed E-state index contributed by atoms with van der Waals surface area (Å²) in [5, 5.41) is 10.6. The first-order valence-electron chi connectivity index (χ1n) is 4.86. The van der Waals surface area contributed by atoms with Crippen LogP contribution in [0.2, 0.25) is 0 Å². The highest BCUT2D eigenvalue weighted by molar-refractivity contribution is 5.36. The number of benzene rings is 1. The Hall–Kier alpha value is -1.82. The lowest BCUT2D eigenvalue weighted by Crippen LogP contribution is -1.97. The van der Waals surface area contributed by atoms with Crippen molar-refractivity contribution >= 4 is 5.69 Å². The fourth-order valence-corrected chi connectivity index (χ4v) is 1.53. The predicted molar refractivity (Wildman–Crippen MR) is 59.6 cm³/mol. The molecule has 1 aromatic carbocycles. The Labute approximate surface area is 89.3 Å². The molecule has 0 aliphatic carbocycles. The third-order valence-corrected chi connectivity index (χ3v) is 2.41. The standard InChI is InChI=1S/C12H13NO2/c1-3-6-10(4-2)11-7-5-8-12(9-11)13(14)15/h1,5,7-10H,4,6H2,2H3. The van der Waals surface area contributed by atoms with Gasteiger partial charge in [0.1, 0.15) is 0 Å². The number of nitrogens with zero attached hydrogens (tertiary/aromatic N) is 1. The van der Waals surface area contributed by atoms with Crippen molar-refractivity contribution < 1.29 is 4.92 Å². The smallest absolute Gasteiger partial charge is 0.258 e. The summed E-state index contributed by atoms with van der Waals surface area (Å²) in [5.74, 6) is 2.81. The van der Waals surface area contributed by atoms with Crippen LogP contribution in [0.15, 0.2) is 24.3 Å². The zero-order chi connectivity index (χ0) is 11.3. The van der Waals surface area contributed by atoms with Gasteiger partial charge in [-0.1, -0.05) is 19.1 Å². The van der Waals surface area contributed by atoms with E-state index in [2.05, 4.69) is 5.92 Å². The lowest BCUT2D eigenvalue weighted by molar-refractivity contribution is -0.384. The normalized spacial score (nSPS) is 11.7. The molecule has 0 aliphatic heterocycles. The van der Waals surface area contributed by atoms with Crippen molar-refractivity contribution in [2.45, 2.75) is 25.7 Å². The van der Waals surface area contributed by atoms with Crippen LogP contribution < -0.4 is 0 Å². The first-order valence-corrected chi connectivity index (χ1v) is 4.86. The van der Waals surface area contributed by atoms with E-state index >= 15 is 0 Å². The van der Waals surface area contributed by atoms with Crippen LogP contribution in [0.5, 0.6) is 0 Å². The summed E-state index contributed by atoms with van der Waals surface area (Å²) in [7, 11) is 0. The Morgan fingerprint density at radius 2 is 2.33 bits per heavy atom. The molecule has 15 heavy (non-hydrogen) atoms. The van der Waals surface area contributed by atoms with Gasteiger partial charge >= 0.3 is 0 Å². The summed E-state index contributed by atoms with van der Waals surface area (Å²) in [6.45, 7) is 2.03. The second-order valence-corrected chi connectivity index (χ2v) is 3.37. The zero-order valence-electron chi connectivity index (χ0n) is 8.64. The molecule has 0 N–H and O–H groups in total. The molecule has 0 aliphatic rings. The summed E-state index contributed by atoms with van der Waals surface area (Å²) < 4.78 is 0. The third-order valence-electron chi connectivity index (χ3n) is 2.41. The Kier molecular flexibility index (Phi) is 3.87. The molecule has 0 saturated carbocycles. The molecule has 1 unspecified atom stereocenters. The molecule has 0 bridgehead atoms. The van der Waals surface area contributed by atoms with Crippen LogP contribution in [0.25, 0.3) is 0 Å². The summed E-state index contributed by atoms with van der Waals surface area (Å²) in [6, 6.07) is 6.68. The molecular formula is C12H13NO2. The lowest BCUT2D eigenvalue weighted by atomic mass is 9.93. The third kappa shape index (κ3) is 2.81. The van der Waals surface area contributed by atoms with Gasteiger partial charge in [0.15, 0.2) is 0 Å². The van der Waals surface area contributed by atoms with E-state index in [9.17, 15) is 10.1 Å². The van der Waals surface area contributed by atoms with Crippen LogP contribution in [0, 0.1) is 22.5 Å². The van der Waals surface area contributed by atoms with Crippen LogP contribution in [-0.4, -0.2) is 4.92 Å². The predicted octanol–water partition coefficient (Wildman–Crippen LogP) is 3.11. The monoisotopic (exact) mass is 203 g/mol. The van der Waals surface area contributed by atoms with Gasteiger partial charge < -0.3 is 0 Å². The molecule has 1 aromatic rings. The molecule has 0 heterocycles. The summed E-state index contributed by atoms with van der Waals surface area (Å²) in [5.41, 5.74) is 1.08. The molecule has 0 fully saturated rings. The summed E-state index contributed by atoms with van der Waals surface area (Å²) in [4.78, 5) is 10.2. The maximum absolute atomic E-state index is 10.6. The minimum absolute atomic E-state index is 0.128. The molecule has 1 rings (SSSR count). The van der Waals surface area contributed by atoms with Crippen molar-refractivity contribution in [3.8, 4) is 12.3 Å². The molecule has 78 valence electrons. The minimum Gasteiger partial charge on any atom is -0.258 e. The van der Waals surface area contributed by atoms with Crippen molar-refractivity contribution in [3.63, 3.8) is 0 Å². The van der Waals surface area contributed by atoms with E-state index in [4.69, 9.17) is 6.42 Å². The van der Waals surface area contributed by atoms with E-state index in [0.29, 0.717) is 6.42 Å². The number of rotatable bonds is 4. The molecule has 0 aromatic heterocycles. The van der Waals surface area contributed by atoms with E-state index in [1.807, 2.05) is 13.0 Å². The molecule has 3 nitrogen and oxygen atoms in total. The highest BCUT2D eigenvalue weighted by Crippen LogP contribution is 2.25. The number of nitro groups is 1. The van der Waals surface area contributed by atoms with E-state index in [1.54, 1.807) is 12.1 Å². The lowest BCUT2D eigenvalue weighted by Gasteiger charge is -2.11. The molecule has 3 heteroatoms. The largest absolute Gasteiger partial charge is 0.269 e. The van der Waals surface area contributed by atoms with Crippen molar-refractivity contribution in [1.82, 2.24) is 0 Å². The maximum atomic E-state index is 10.6.